The molecule has 3 aromatic rings. The Morgan fingerprint density at radius 1 is 0.930 bits per heavy atom. The summed E-state index contributed by atoms with van der Waals surface area (Å²) in [6.45, 7) is 6.97. The zero-order valence-electron chi connectivity index (χ0n) is 25.1. The van der Waals surface area contributed by atoms with Gasteiger partial charge in [0, 0.05) is 22.6 Å². The molecule has 1 fully saturated rings. The molecule has 0 heterocycles. The van der Waals surface area contributed by atoms with Gasteiger partial charge in [0.15, 0.2) is 0 Å². The summed E-state index contributed by atoms with van der Waals surface area (Å²) in [6, 6.07) is 16.2. The van der Waals surface area contributed by atoms with Gasteiger partial charge in [-0.25, -0.2) is 8.42 Å². The third kappa shape index (κ3) is 7.91. The van der Waals surface area contributed by atoms with Crippen molar-refractivity contribution in [1.82, 2.24) is 10.2 Å². The largest absolute Gasteiger partial charge is 0.352 e. The number of carbonyl (C=O) groups is 2. The standard InChI is InChI=1S/C33H39Cl2N3O4S/c1-5-30(33(40)36-27-8-6-7-9-27)37(20-25-13-14-26(34)19-29(25)35)32(39)21-38(31-17-12-23(3)18-24(31)4)43(41,42)28-15-10-22(2)11-16-28/h10-19,27,30H,5-9,20-21H2,1-4H3,(H,36,40)/t30-/m0/s1. The minimum absolute atomic E-state index is 0.0106. The van der Waals surface area contributed by atoms with Crippen LogP contribution in [0, 0.1) is 20.8 Å². The molecule has 7 nitrogen and oxygen atoms in total. The van der Waals surface area contributed by atoms with Crippen LogP contribution in [0.2, 0.25) is 10.0 Å². The lowest BCUT2D eigenvalue weighted by atomic mass is 10.1. The topological polar surface area (TPSA) is 86.8 Å². The zero-order valence-corrected chi connectivity index (χ0v) is 27.4. The Balaban J connectivity index is 1.76. The fourth-order valence-corrected chi connectivity index (χ4v) is 7.50. The first-order valence-electron chi connectivity index (χ1n) is 14.6. The van der Waals surface area contributed by atoms with E-state index in [1.807, 2.05) is 39.8 Å². The van der Waals surface area contributed by atoms with Crippen LogP contribution < -0.4 is 9.62 Å². The highest BCUT2D eigenvalue weighted by molar-refractivity contribution is 7.92. The molecule has 0 bridgehead atoms. The first-order chi connectivity index (χ1) is 20.4. The van der Waals surface area contributed by atoms with Crippen molar-refractivity contribution in [2.45, 2.75) is 83.3 Å². The molecule has 1 aliphatic rings. The SMILES string of the molecule is CC[C@@H](C(=O)NC1CCCC1)N(Cc1ccc(Cl)cc1Cl)C(=O)CN(c1ccc(C)cc1C)S(=O)(=O)c1ccc(C)cc1. The van der Waals surface area contributed by atoms with E-state index in [1.54, 1.807) is 48.5 Å². The molecule has 10 heteroatoms. The molecular formula is C33H39Cl2N3O4S. The van der Waals surface area contributed by atoms with E-state index in [-0.39, 0.29) is 23.4 Å². The predicted molar refractivity (Wildman–Crippen MR) is 173 cm³/mol. The summed E-state index contributed by atoms with van der Waals surface area (Å²) in [6.07, 6.45) is 4.23. The Morgan fingerprint density at radius 2 is 1.58 bits per heavy atom. The van der Waals surface area contributed by atoms with Crippen LogP contribution in [0.3, 0.4) is 0 Å². The van der Waals surface area contributed by atoms with Crippen molar-refractivity contribution in [3.63, 3.8) is 0 Å². The average Bonchev–Trinajstić information content (AvgIpc) is 3.46. The van der Waals surface area contributed by atoms with Crippen molar-refractivity contribution in [3.8, 4) is 0 Å². The van der Waals surface area contributed by atoms with E-state index >= 15 is 0 Å². The molecular weight excluding hydrogens is 605 g/mol. The maximum Gasteiger partial charge on any atom is 0.264 e. The highest BCUT2D eigenvalue weighted by Gasteiger charge is 2.35. The van der Waals surface area contributed by atoms with Gasteiger partial charge in [0.2, 0.25) is 11.8 Å². The van der Waals surface area contributed by atoms with Crippen molar-refractivity contribution in [2.75, 3.05) is 10.8 Å². The number of benzene rings is 3. The molecule has 0 spiro atoms. The number of hydrogen-bond acceptors (Lipinski definition) is 4. The highest BCUT2D eigenvalue weighted by Crippen LogP contribution is 2.30. The van der Waals surface area contributed by atoms with Crippen LogP contribution in [-0.2, 0) is 26.2 Å². The maximum atomic E-state index is 14.3. The number of amides is 2. The van der Waals surface area contributed by atoms with Crippen LogP contribution in [0.4, 0.5) is 5.69 Å². The molecule has 43 heavy (non-hydrogen) atoms. The zero-order chi connectivity index (χ0) is 31.3. The average molecular weight is 645 g/mol. The van der Waals surface area contributed by atoms with E-state index < -0.39 is 28.5 Å². The van der Waals surface area contributed by atoms with E-state index in [0.29, 0.717) is 33.3 Å². The van der Waals surface area contributed by atoms with Gasteiger partial charge in [-0.05, 0) is 81.5 Å². The minimum Gasteiger partial charge on any atom is -0.352 e. The van der Waals surface area contributed by atoms with Gasteiger partial charge in [0.05, 0.1) is 10.6 Å². The van der Waals surface area contributed by atoms with Crippen molar-refractivity contribution in [2.24, 2.45) is 0 Å². The van der Waals surface area contributed by atoms with E-state index in [9.17, 15) is 18.0 Å². The number of rotatable bonds is 11. The Morgan fingerprint density at radius 3 is 2.19 bits per heavy atom. The fourth-order valence-electron chi connectivity index (χ4n) is 5.56. The lowest BCUT2D eigenvalue weighted by Gasteiger charge is -2.34. The number of nitrogens with one attached hydrogen (secondary N) is 1. The van der Waals surface area contributed by atoms with Gasteiger partial charge in [-0.3, -0.25) is 13.9 Å². The molecule has 230 valence electrons. The summed E-state index contributed by atoms with van der Waals surface area (Å²) >= 11 is 12.6. The molecule has 1 saturated carbocycles. The molecule has 0 saturated heterocycles. The molecule has 0 aliphatic heterocycles. The maximum absolute atomic E-state index is 14.3. The van der Waals surface area contributed by atoms with Gasteiger partial charge in [0.25, 0.3) is 10.0 Å². The summed E-state index contributed by atoms with van der Waals surface area (Å²) in [7, 11) is -4.15. The normalized spacial score (nSPS) is 14.4. The monoisotopic (exact) mass is 643 g/mol. The lowest BCUT2D eigenvalue weighted by molar-refractivity contribution is -0.140. The molecule has 0 radical (unpaired) electrons. The smallest absolute Gasteiger partial charge is 0.264 e. The van der Waals surface area contributed by atoms with Gasteiger partial charge in [-0.15, -0.1) is 0 Å². The van der Waals surface area contributed by atoms with Crippen molar-refractivity contribution in [1.29, 1.82) is 0 Å². The number of hydrogen-bond donors (Lipinski definition) is 1. The summed E-state index contributed by atoms with van der Waals surface area (Å²) in [5.41, 5.74) is 3.59. The van der Waals surface area contributed by atoms with Gasteiger partial charge >= 0.3 is 0 Å². The molecule has 0 unspecified atom stereocenters. The van der Waals surface area contributed by atoms with Crippen LogP contribution in [0.1, 0.15) is 61.3 Å². The van der Waals surface area contributed by atoms with E-state index in [1.165, 1.54) is 4.90 Å². The molecule has 1 atom stereocenters. The third-order valence-electron chi connectivity index (χ3n) is 7.95. The van der Waals surface area contributed by atoms with Crippen molar-refractivity contribution >= 4 is 50.7 Å². The second-order valence-corrected chi connectivity index (χ2v) is 14.0. The number of aryl methyl sites for hydroxylation is 3. The number of carbonyl (C=O) groups excluding carboxylic acids is 2. The number of nitrogens with zero attached hydrogens (tertiary/aromatic N) is 2. The minimum atomic E-state index is -4.15. The summed E-state index contributed by atoms with van der Waals surface area (Å²) in [5.74, 6) is -0.776. The van der Waals surface area contributed by atoms with E-state index in [0.717, 1.165) is 41.1 Å². The van der Waals surface area contributed by atoms with Crippen LogP contribution in [0.5, 0.6) is 0 Å². The fraction of sp³-hybridized carbons (Fsp3) is 0.394. The molecule has 1 aliphatic carbocycles. The number of sulfonamides is 1. The second kappa shape index (κ2) is 14.1. The van der Waals surface area contributed by atoms with Gasteiger partial charge in [-0.2, -0.15) is 0 Å². The molecule has 0 aromatic heterocycles. The van der Waals surface area contributed by atoms with Gasteiger partial charge < -0.3 is 10.2 Å². The quantitative estimate of drug-likeness (QED) is 0.244. The Labute approximate surface area is 265 Å². The molecule has 1 N–H and O–H groups in total. The first kappa shape index (κ1) is 32.8. The lowest BCUT2D eigenvalue weighted by Crippen LogP contribution is -2.53. The molecule has 4 rings (SSSR count). The summed E-state index contributed by atoms with van der Waals surface area (Å²) in [5, 5.41) is 3.92. The summed E-state index contributed by atoms with van der Waals surface area (Å²) < 4.78 is 29.4. The van der Waals surface area contributed by atoms with Crippen molar-refractivity contribution in [3.05, 3.63) is 93.0 Å². The van der Waals surface area contributed by atoms with Crippen LogP contribution in [0.25, 0.3) is 0 Å². The van der Waals surface area contributed by atoms with Crippen LogP contribution in [-0.4, -0.2) is 43.8 Å². The number of anilines is 1. The van der Waals surface area contributed by atoms with Crippen molar-refractivity contribution < 1.29 is 18.0 Å². The van der Waals surface area contributed by atoms with Crippen LogP contribution in [0.15, 0.2) is 65.6 Å². The third-order valence-corrected chi connectivity index (χ3v) is 10.3. The molecule has 2 amide bonds. The molecule has 3 aromatic carbocycles. The van der Waals surface area contributed by atoms with Crippen LogP contribution >= 0.6 is 23.2 Å². The Bertz CT molecular complexity index is 1570. The highest BCUT2D eigenvalue weighted by atomic mass is 35.5. The summed E-state index contributed by atoms with van der Waals surface area (Å²) in [4.78, 5) is 29.5. The predicted octanol–water partition coefficient (Wildman–Crippen LogP) is 6.98. The second-order valence-electron chi connectivity index (χ2n) is 11.3. The first-order valence-corrected chi connectivity index (χ1v) is 16.8. The van der Waals surface area contributed by atoms with Gasteiger partial charge in [0.1, 0.15) is 12.6 Å². The Kier molecular flexibility index (Phi) is 10.8. The van der Waals surface area contributed by atoms with Gasteiger partial charge in [-0.1, -0.05) is 84.4 Å². The van der Waals surface area contributed by atoms with E-state index in [4.69, 9.17) is 23.2 Å². The Hall–Kier alpha value is -3.07. The van der Waals surface area contributed by atoms with E-state index in [2.05, 4.69) is 5.32 Å². The number of halogens is 2.